The van der Waals surface area contributed by atoms with Crippen molar-refractivity contribution in [1.29, 1.82) is 5.26 Å². The number of hydrazine groups is 1. The molecule has 0 unspecified atom stereocenters. The topological polar surface area (TPSA) is 133 Å². The van der Waals surface area contributed by atoms with E-state index in [1.165, 1.54) is 24.3 Å². The summed E-state index contributed by atoms with van der Waals surface area (Å²) >= 11 is 6.33. The third-order valence-electron chi connectivity index (χ3n) is 6.39. The van der Waals surface area contributed by atoms with Gasteiger partial charge in [-0.2, -0.15) is 5.26 Å². The van der Waals surface area contributed by atoms with Crippen molar-refractivity contribution in [1.82, 2.24) is 10.9 Å². The third kappa shape index (κ3) is 6.91. The Hall–Kier alpha value is -3.26. The fourth-order valence-corrected chi connectivity index (χ4v) is 4.77. The van der Waals surface area contributed by atoms with Gasteiger partial charge in [0, 0.05) is 11.3 Å². The number of rotatable bonds is 8. The number of amides is 2. The maximum absolute atomic E-state index is 13.3. The summed E-state index contributed by atoms with van der Waals surface area (Å²) in [6.07, 6.45) is -0.574. The van der Waals surface area contributed by atoms with Crippen LogP contribution in [-0.2, 0) is 9.22 Å². The van der Waals surface area contributed by atoms with E-state index in [2.05, 4.69) is 55.2 Å². The summed E-state index contributed by atoms with van der Waals surface area (Å²) in [5.74, 6) is -1.09. The molecule has 0 saturated heterocycles. The third-order valence-corrected chi connectivity index (χ3v) is 11.5. The van der Waals surface area contributed by atoms with Gasteiger partial charge < -0.3 is 9.74 Å². The molecule has 9 nitrogen and oxygen atoms in total. The zero-order valence-electron chi connectivity index (χ0n) is 21.5. The van der Waals surface area contributed by atoms with Crippen LogP contribution in [0.3, 0.4) is 0 Å². The highest BCUT2D eigenvalue weighted by atomic mass is 35.5. The molecule has 2 amide bonds. The molecule has 0 heterocycles. The summed E-state index contributed by atoms with van der Waals surface area (Å²) in [5, 5.41) is 15.4. The van der Waals surface area contributed by atoms with Crippen molar-refractivity contribution in [3.05, 3.63) is 63.0 Å². The van der Waals surface area contributed by atoms with E-state index in [4.69, 9.17) is 16.0 Å². The van der Waals surface area contributed by atoms with Crippen LogP contribution in [0.2, 0.25) is 23.2 Å². The summed E-state index contributed by atoms with van der Waals surface area (Å²) in [7, 11) is -2.25. The van der Waals surface area contributed by atoms with Crippen molar-refractivity contribution >= 4 is 43.1 Å². The minimum atomic E-state index is -2.25. The second kappa shape index (κ2) is 11.6. The second-order valence-corrected chi connectivity index (χ2v) is 15.1. The Labute approximate surface area is 217 Å². The molecule has 11 heteroatoms. The lowest BCUT2D eigenvalue weighted by atomic mass is 10.1. The second-order valence-electron chi connectivity index (χ2n) is 10.00. The van der Waals surface area contributed by atoms with Gasteiger partial charge in [0.15, 0.2) is 8.32 Å². The number of hydrogen-bond donors (Lipinski definition) is 3. The lowest BCUT2D eigenvalue weighted by Gasteiger charge is -2.40. The van der Waals surface area contributed by atoms with E-state index in [1.807, 2.05) is 6.07 Å². The minimum absolute atomic E-state index is 0.0906. The molecule has 0 aliphatic heterocycles. The molecule has 0 spiro atoms. The van der Waals surface area contributed by atoms with Crippen LogP contribution in [-0.4, -0.2) is 32.3 Å². The molecule has 0 aromatic heterocycles. The molecular formula is C25H32ClN5O4Si. The molecule has 0 saturated carbocycles. The molecule has 0 bridgehead atoms. The van der Waals surface area contributed by atoms with Crippen molar-refractivity contribution in [3.8, 4) is 6.07 Å². The minimum Gasteiger partial charge on any atom is -0.412 e. The molecule has 0 aliphatic rings. The largest absolute Gasteiger partial charge is 0.412 e. The van der Waals surface area contributed by atoms with Gasteiger partial charge >= 0.3 is 0 Å². The predicted molar refractivity (Wildman–Crippen MR) is 144 cm³/mol. The number of carbonyl (C=O) groups is 2. The van der Waals surface area contributed by atoms with Gasteiger partial charge in [0.05, 0.1) is 16.7 Å². The fourth-order valence-electron chi connectivity index (χ4n) is 3.14. The van der Waals surface area contributed by atoms with Gasteiger partial charge in [-0.1, -0.05) is 32.4 Å². The molecule has 36 heavy (non-hydrogen) atoms. The monoisotopic (exact) mass is 529 g/mol. The molecule has 0 fully saturated rings. The van der Waals surface area contributed by atoms with Crippen LogP contribution in [0.4, 0.5) is 11.4 Å². The molecule has 0 radical (unpaired) electrons. The number of nitrogens with zero attached hydrogens (tertiary/aromatic N) is 2. The van der Waals surface area contributed by atoms with E-state index >= 15 is 0 Å². The lowest BCUT2D eigenvalue weighted by molar-refractivity contribution is -0.124. The zero-order valence-corrected chi connectivity index (χ0v) is 23.3. The quantitative estimate of drug-likeness (QED) is 0.232. The SMILES string of the molecule is Cc1c(N[C@@H](C(=O)NNC(=O)c2ccc(N=O)cc2)[C@H](C)O[Si](C)(C)C(C)(C)C)ccc(C#N)c1Cl. The number of anilines is 1. The summed E-state index contributed by atoms with van der Waals surface area (Å²) in [5.41, 5.74) is 6.78. The lowest BCUT2D eigenvalue weighted by Crippen LogP contribution is -2.55. The fraction of sp³-hybridized carbons (Fsp3) is 0.400. The Morgan fingerprint density at radius 1 is 1.11 bits per heavy atom. The van der Waals surface area contributed by atoms with Crippen LogP contribution >= 0.6 is 11.6 Å². The van der Waals surface area contributed by atoms with Crippen molar-refractivity contribution in [2.24, 2.45) is 5.18 Å². The van der Waals surface area contributed by atoms with E-state index in [1.54, 1.807) is 26.0 Å². The number of nitrogens with one attached hydrogen (secondary N) is 3. The molecule has 192 valence electrons. The standard InChI is InChI=1S/C25H32ClN5O4Si/c1-15-20(13-10-18(14-27)21(15)26)28-22(16(2)35-36(6,7)25(3,4)5)24(33)30-29-23(32)17-8-11-19(31-34)12-9-17/h8-13,16,22,28H,1-7H3,(H,29,32)(H,30,33)/t16-,22+/m0/s1. The molecular weight excluding hydrogens is 498 g/mol. The van der Waals surface area contributed by atoms with Crippen molar-refractivity contribution in [3.63, 3.8) is 0 Å². The Bertz CT molecular complexity index is 1170. The summed E-state index contributed by atoms with van der Waals surface area (Å²) in [6.45, 7) is 14.0. The highest BCUT2D eigenvalue weighted by Gasteiger charge is 2.41. The summed E-state index contributed by atoms with van der Waals surface area (Å²) < 4.78 is 6.47. The zero-order chi connectivity index (χ0) is 27.3. The molecule has 2 aromatic carbocycles. The average molecular weight is 530 g/mol. The molecule has 0 aliphatic carbocycles. The van der Waals surface area contributed by atoms with E-state index in [0.717, 1.165) is 0 Å². The molecule has 2 rings (SSSR count). The van der Waals surface area contributed by atoms with Crippen LogP contribution in [0.25, 0.3) is 0 Å². The first kappa shape index (κ1) is 29.0. The Morgan fingerprint density at radius 3 is 2.25 bits per heavy atom. The van der Waals surface area contributed by atoms with Gasteiger partial charge in [-0.05, 0) is 79.1 Å². The average Bonchev–Trinajstić information content (AvgIpc) is 2.82. The van der Waals surface area contributed by atoms with Crippen LogP contribution in [0.15, 0.2) is 41.6 Å². The molecule has 2 aromatic rings. The van der Waals surface area contributed by atoms with E-state index in [9.17, 15) is 19.8 Å². The van der Waals surface area contributed by atoms with Crippen LogP contribution in [0, 0.1) is 23.2 Å². The Kier molecular flexibility index (Phi) is 9.37. The van der Waals surface area contributed by atoms with Gasteiger partial charge in [-0.25, -0.2) is 0 Å². The highest BCUT2D eigenvalue weighted by molar-refractivity contribution is 6.74. The molecule has 2 atom stereocenters. The highest BCUT2D eigenvalue weighted by Crippen LogP contribution is 2.38. The Balaban J connectivity index is 2.29. The number of hydrogen-bond acceptors (Lipinski definition) is 7. The van der Waals surface area contributed by atoms with Crippen LogP contribution < -0.4 is 16.2 Å². The number of nitroso groups, excluding NO2 is 1. The first-order chi connectivity index (χ1) is 16.7. The van der Waals surface area contributed by atoms with Gasteiger partial charge in [0.25, 0.3) is 11.8 Å². The van der Waals surface area contributed by atoms with Gasteiger partial charge in [0.2, 0.25) is 0 Å². The first-order valence-corrected chi connectivity index (χ1v) is 14.7. The van der Waals surface area contributed by atoms with E-state index < -0.39 is 32.3 Å². The smallest absolute Gasteiger partial charge is 0.269 e. The summed E-state index contributed by atoms with van der Waals surface area (Å²) in [4.78, 5) is 36.4. The van der Waals surface area contributed by atoms with Gasteiger partial charge in [0.1, 0.15) is 17.8 Å². The van der Waals surface area contributed by atoms with E-state index in [-0.39, 0.29) is 16.3 Å². The summed E-state index contributed by atoms with van der Waals surface area (Å²) in [6, 6.07) is 10.1. The van der Waals surface area contributed by atoms with Crippen LogP contribution in [0.1, 0.15) is 49.2 Å². The van der Waals surface area contributed by atoms with Crippen molar-refractivity contribution in [2.45, 2.75) is 64.9 Å². The van der Waals surface area contributed by atoms with Crippen molar-refractivity contribution in [2.75, 3.05) is 5.32 Å². The number of benzene rings is 2. The number of carbonyl (C=O) groups excluding carboxylic acids is 2. The Morgan fingerprint density at radius 2 is 1.72 bits per heavy atom. The maximum Gasteiger partial charge on any atom is 0.269 e. The first-order valence-electron chi connectivity index (χ1n) is 11.4. The molecule has 3 N–H and O–H groups in total. The van der Waals surface area contributed by atoms with Crippen LogP contribution in [0.5, 0.6) is 0 Å². The number of halogens is 1. The van der Waals surface area contributed by atoms with Gasteiger partial charge in [-0.15, -0.1) is 4.91 Å². The number of nitriles is 1. The van der Waals surface area contributed by atoms with E-state index in [0.29, 0.717) is 21.8 Å². The van der Waals surface area contributed by atoms with Gasteiger partial charge in [-0.3, -0.25) is 20.4 Å². The maximum atomic E-state index is 13.3. The predicted octanol–water partition coefficient (Wildman–Crippen LogP) is 5.57. The van der Waals surface area contributed by atoms with Crippen molar-refractivity contribution < 1.29 is 14.0 Å². The normalized spacial score (nSPS) is 13.2.